The first-order valence-electron chi connectivity index (χ1n) is 10.3. The Hall–Kier alpha value is -3.20. The van der Waals surface area contributed by atoms with Crippen molar-refractivity contribution in [3.8, 4) is 5.75 Å². The SMILES string of the molecule is CCC1Oc2ccc(CN3CCN(c4ccc(C(=O)OC)nc4)CC3)c(F)c2NC1=O. The summed E-state index contributed by atoms with van der Waals surface area (Å²) < 4.78 is 25.3. The fraction of sp³-hybridized carbons (Fsp3) is 0.409. The van der Waals surface area contributed by atoms with Crippen molar-refractivity contribution >= 4 is 23.3 Å². The van der Waals surface area contributed by atoms with Crippen LogP contribution in [0.1, 0.15) is 29.4 Å². The number of carbonyl (C=O) groups is 2. The molecule has 0 spiro atoms. The van der Waals surface area contributed by atoms with Crippen molar-refractivity contribution < 1.29 is 23.5 Å². The second-order valence-corrected chi connectivity index (χ2v) is 7.57. The minimum absolute atomic E-state index is 0.127. The lowest BCUT2D eigenvalue weighted by atomic mass is 10.1. The summed E-state index contributed by atoms with van der Waals surface area (Å²) in [6, 6.07) is 6.95. The number of hydrogen-bond acceptors (Lipinski definition) is 7. The molecule has 1 fully saturated rings. The molecule has 0 radical (unpaired) electrons. The van der Waals surface area contributed by atoms with Gasteiger partial charge in [0, 0.05) is 38.3 Å². The highest BCUT2D eigenvalue weighted by molar-refractivity contribution is 5.98. The van der Waals surface area contributed by atoms with Gasteiger partial charge in [-0.2, -0.15) is 0 Å². The Labute approximate surface area is 179 Å². The monoisotopic (exact) mass is 428 g/mol. The Balaban J connectivity index is 1.38. The number of amides is 1. The zero-order chi connectivity index (χ0) is 22.0. The molecule has 4 rings (SSSR count). The van der Waals surface area contributed by atoms with Crippen LogP contribution in [-0.2, 0) is 16.1 Å². The maximum Gasteiger partial charge on any atom is 0.356 e. The van der Waals surface area contributed by atoms with Crippen LogP contribution < -0.4 is 15.0 Å². The first kappa shape index (κ1) is 21.0. The van der Waals surface area contributed by atoms with E-state index in [1.54, 1.807) is 24.4 Å². The number of aromatic nitrogens is 1. The highest BCUT2D eigenvalue weighted by atomic mass is 19.1. The highest BCUT2D eigenvalue weighted by Gasteiger charge is 2.29. The van der Waals surface area contributed by atoms with Crippen LogP contribution in [0.2, 0.25) is 0 Å². The number of esters is 1. The Morgan fingerprint density at radius 2 is 2.03 bits per heavy atom. The third-order valence-corrected chi connectivity index (χ3v) is 5.64. The lowest BCUT2D eigenvalue weighted by Gasteiger charge is -2.36. The molecular weight excluding hydrogens is 403 g/mol. The van der Waals surface area contributed by atoms with E-state index < -0.39 is 17.9 Å². The predicted molar refractivity (Wildman–Crippen MR) is 113 cm³/mol. The molecule has 2 aliphatic heterocycles. The summed E-state index contributed by atoms with van der Waals surface area (Å²) in [5.41, 5.74) is 1.85. The lowest BCUT2D eigenvalue weighted by molar-refractivity contribution is -0.123. The summed E-state index contributed by atoms with van der Waals surface area (Å²) in [5.74, 6) is -0.840. The van der Waals surface area contributed by atoms with Crippen LogP contribution in [0.3, 0.4) is 0 Å². The van der Waals surface area contributed by atoms with Crippen molar-refractivity contribution in [3.05, 3.63) is 47.5 Å². The average molecular weight is 428 g/mol. The number of benzene rings is 1. The number of ether oxygens (including phenoxy) is 2. The number of pyridine rings is 1. The minimum Gasteiger partial charge on any atom is -0.478 e. The van der Waals surface area contributed by atoms with E-state index in [4.69, 9.17) is 4.74 Å². The molecule has 1 aromatic carbocycles. The highest BCUT2D eigenvalue weighted by Crippen LogP contribution is 2.35. The van der Waals surface area contributed by atoms with Gasteiger partial charge < -0.3 is 19.7 Å². The second-order valence-electron chi connectivity index (χ2n) is 7.57. The third-order valence-electron chi connectivity index (χ3n) is 5.64. The van der Waals surface area contributed by atoms with Crippen molar-refractivity contribution in [3.63, 3.8) is 0 Å². The number of methoxy groups -OCH3 is 1. The third kappa shape index (κ3) is 4.32. The van der Waals surface area contributed by atoms with E-state index in [0.717, 1.165) is 31.9 Å². The van der Waals surface area contributed by atoms with Gasteiger partial charge in [0.1, 0.15) is 17.1 Å². The fourth-order valence-corrected chi connectivity index (χ4v) is 3.82. The molecular formula is C22H25FN4O4. The molecule has 3 heterocycles. The number of piperazine rings is 1. The van der Waals surface area contributed by atoms with Gasteiger partial charge >= 0.3 is 5.97 Å². The van der Waals surface area contributed by atoms with E-state index in [0.29, 0.717) is 24.3 Å². The molecule has 0 saturated carbocycles. The van der Waals surface area contributed by atoms with E-state index in [9.17, 15) is 9.59 Å². The normalized spacial score (nSPS) is 18.7. The van der Waals surface area contributed by atoms with Gasteiger partial charge in [-0.3, -0.25) is 9.69 Å². The summed E-state index contributed by atoms with van der Waals surface area (Å²) in [6.45, 7) is 5.29. The maximum absolute atomic E-state index is 15.0. The van der Waals surface area contributed by atoms with Gasteiger partial charge in [0.2, 0.25) is 0 Å². The van der Waals surface area contributed by atoms with E-state index in [2.05, 4.69) is 24.8 Å². The molecule has 9 heteroatoms. The number of hydrogen-bond donors (Lipinski definition) is 1. The molecule has 8 nitrogen and oxygen atoms in total. The summed E-state index contributed by atoms with van der Waals surface area (Å²) in [5, 5.41) is 2.65. The van der Waals surface area contributed by atoms with Gasteiger partial charge in [0.25, 0.3) is 5.91 Å². The maximum atomic E-state index is 15.0. The first-order chi connectivity index (χ1) is 15.0. The van der Waals surface area contributed by atoms with Crippen molar-refractivity contribution in [1.29, 1.82) is 0 Å². The Kier molecular flexibility index (Phi) is 6.03. The molecule has 0 bridgehead atoms. The molecule has 31 heavy (non-hydrogen) atoms. The predicted octanol–water partition coefficient (Wildman–Crippen LogP) is 2.44. The van der Waals surface area contributed by atoms with Crippen LogP contribution in [0.15, 0.2) is 30.5 Å². The fourth-order valence-electron chi connectivity index (χ4n) is 3.82. The largest absolute Gasteiger partial charge is 0.478 e. The number of carbonyl (C=O) groups excluding carboxylic acids is 2. The molecule has 1 unspecified atom stereocenters. The van der Waals surface area contributed by atoms with Crippen LogP contribution >= 0.6 is 0 Å². The van der Waals surface area contributed by atoms with E-state index in [1.165, 1.54) is 7.11 Å². The average Bonchev–Trinajstić information content (AvgIpc) is 2.81. The molecule has 1 aromatic heterocycles. The zero-order valence-corrected chi connectivity index (χ0v) is 17.6. The molecule has 1 saturated heterocycles. The lowest BCUT2D eigenvalue weighted by Crippen LogP contribution is -2.46. The van der Waals surface area contributed by atoms with E-state index >= 15 is 4.39 Å². The van der Waals surface area contributed by atoms with Crippen LogP contribution in [0.5, 0.6) is 5.75 Å². The molecule has 1 amide bonds. The van der Waals surface area contributed by atoms with Crippen LogP contribution in [0.25, 0.3) is 0 Å². The molecule has 0 aliphatic carbocycles. The van der Waals surface area contributed by atoms with Gasteiger partial charge in [-0.15, -0.1) is 0 Å². The molecule has 2 aromatic rings. The number of anilines is 2. The van der Waals surface area contributed by atoms with Crippen LogP contribution in [0.4, 0.5) is 15.8 Å². The summed E-state index contributed by atoms with van der Waals surface area (Å²) in [6.07, 6.45) is 1.61. The van der Waals surface area contributed by atoms with E-state index in [1.807, 2.05) is 13.0 Å². The summed E-state index contributed by atoms with van der Waals surface area (Å²) >= 11 is 0. The smallest absolute Gasteiger partial charge is 0.356 e. The minimum atomic E-state index is -0.581. The Morgan fingerprint density at radius 1 is 1.26 bits per heavy atom. The summed E-state index contributed by atoms with van der Waals surface area (Å²) in [7, 11) is 1.32. The standard InChI is InChI=1S/C22H25FN4O4/c1-3-17-21(28)25-20-18(31-17)7-4-14(19(20)23)13-26-8-10-27(11-9-26)15-5-6-16(24-12-15)22(29)30-2/h4-7,12,17H,3,8-11,13H2,1-2H3,(H,25,28). The van der Waals surface area contributed by atoms with Crippen LogP contribution in [0, 0.1) is 5.82 Å². The molecule has 2 aliphatic rings. The van der Waals surface area contributed by atoms with Gasteiger partial charge in [0.15, 0.2) is 11.9 Å². The summed E-state index contributed by atoms with van der Waals surface area (Å²) in [4.78, 5) is 32.0. The van der Waals surface area contributed by atoms with Gasteiger partial charge in [0.05, 0.1) is 19.0 Å². The number of rotatable bonds is 5. The van der Waals surface area contributed by atoms with Gasteiger partial charge in [-0.25, -0.2) is 14.2 Å². The zero-order valence-electron chi connectivity index (χ0n) is 17.6. The molecule has 1 atom stereocenters. The van der Waals surface area contributed by atoms with Crippen molar-refractivity contribution in [2.75, 3.05) is 43.5 Å². The first-order valence-corrected chi connectivity index (χ1v) is 10.3. The van der Waals surface area contributed by atoms with Gasteiger partial charge in [-0.1, -0.05) is 13.0 Å². The topological polar surface area (TPSA) is 84.0 Å². The van der Waals surface area contributed by atoms with Crippen molar-refractivity contribution in [1.82, 2.24) is 9.88 Å². The number of fused-ring (bicyclic) bond motifs is 1. The van der Waals surface area contributed by atoms with Crippen molar-refractivity contribution in [2.45, 2.75) is 26.0 Å². The number of halogens is 1. The molecule has 1 N–H and O–H groups in total. The second kappa shape index (κ2) is 8.89. The van der Waals surface area contributed by atoms with Gasteiger partial charge in [-0.05, 0) is 24.6 Å². The van der Waals surface area contributed by atoms with E-state index in [-0.39, 0.29) is 17.3 Å². The van der Waals surface area contributed by atoms with Crippen molar-refractivity contribution in [2.24, 2.45) is 0 Å². The molecule has 164 valence electrons. The van der Waals surface area contributed by atoms with Crippen LogP contribution in [-0.4, -0.2) is 61.2 Å². The number of nitrogens with zero attached hydrogens (tertiary/aromatic N) is 3. The number of nitrogens with one attached hydrogen (secondary N) is 1. The Bertz CT molecular complexity index is 974. The Morgan fingerprint density at radius 3 is 2.68 bits per heavy atom. The quantitative estimate of drug-likeness (QED) is 0.733.